The Bertz CT molecular complexity index is 6830. The third-order valence-corrected chi connectivity index (χ3v) is 27.7. The molecule has 1 aliphatic carbocycles. The van der Waals surface area contributed by atoms with Crippen molar-refractivity contribution in [1.82, 2.24) is 108 Å². The van der Waals surface area contributed by atoms with Crippen LogP contribution in [-0.4, -0.2) is 248 Å². The first-order chi connectivity index (χ1) is 66.8. The maximum Gasteiger partial charge on any atom is 0.435 e. The van der Waals surface area contributed by atoms with E-state index in [1.165, 1.54) is 80.7 Å². The van der Waals surface area contributed by atoms with Crippen LogP contribution in [0.4, 0.5) is 39.5 Å². The van der Waals surface area contributed by atoms with Crippen molar-refractivity contribution in [3.05, 3.63) is 239 Å². The van der Waals surface area contributed by atoms with E-state index in [2.05, 4.69) is 86.6 Å². The smallest absolute Gasteiger partial charge is 0.345 e. The minimum atomic E-state index is -4.49. The molecule has 1 aliphatic rings. The number of nitrogens with zero attached hydrogens (tertiary/aromatic N) is 21. The topological polar surface area (TPSA) is 291 Å². The number of aromatic nitrogens is 15. The van der Waals surface area contributed by atoms with Crippen molar-refractivity contribution in [1.29, 1.82) is 0 Å². The summed E-state index contributed by atoms with van der Waals surface area (Å²) in [5, 5.41) is 30.9. The quantitative estimate of drug-likeness (QED) is 0.0694. The largest absolute Gasteiger partial charge is 0.435 e. The van der Waals surface area contributed by atoms with Crippen LogP contribution in [0.5, 0.6) is 0 Å². The minimum Gasteiger partial charge on any atom is -0.345 e. The number of pyridine rings is 1. The molecule has 29 nitrogen and oxygen atoms in total. The molecule has 0 bridgehead atoms. The highest BCUT2D eigenvalue weighted by atomic mass is 32.1. The maximum atomic E-state index is 13.1. The van der Waals surface area contributed by atoms with Crippen molar-refractivity contribution in [3.8, 4) is 80.5 Å². The van der Waals surface area contributed by atoms with Crippen molar-refractivity contribution in [2.75, 3.05) is 98.7 Å². The number of carbonyl (C=O) groups is 7. The number of aromatic amines is 1. The molecule has 1 saturated carbocycles. The molecule has 7 amide bonds. The Labute approximate surface area is 841 Å². The zero-order valence-electron chi connectivity index (χ0n) is 82.8. The summed E-state index contributed by atoms with van der Waals surface area (Å²) in [6.45, 7) is 20.0. The average molecular weight is 2070 g/mol. The van der Waals surface area contributed by atoms with Crippen molar-refractivity contribution >= 4 is 109 Å². The summed E-state index contributed by atoms with van der Waals surface area (Å²) in [6.07, 6.45) is -8.01. The van der Waals surface area contributed by atoms with E-state index in [1.807, 2.05) is 124 Å². The van der Waals surface area contributed by atoms with Crippen molar-refractivity contribution in [2.24, 2.45) is 0 Å². The number of thiophene rings is 6. The van der Waals surface area contributed by atoms with Gasteiger partial charge in [-0.2, -0.15) is 75.2 Å². The lowest BCUT2D eigenvalue weighted by molar-refractivity contribution is -0.142. The van der Waals surface area contributed by atoms with Crippen molar-refractivity contribution in [3.63, 3.8) is 0 Å². The molecule has 44 heteroatoms. The van der Waals surface area contributed by atoms with Gasteiger partial charge in [-0.1, -0.05) is 31.0 Å². The first kappa shape index (κ1) is 111. The number of hydrogen-bond acceptors (Lipinski definition) is 21. The molecule has 756 valence electrons. The Balaban J connectivity index is 0.000000171. The normalized spacial score (nSPS) is 11.9. The van der Waals surface area contributed by atoms with Gasteiger partial charge < -0.3 is 34.3 Å². The molecule has 14 aromatic heterocycles. The van der Waals surface area contributed by atoms with Crippen LogP contribution in [0, 0.1) is 27.7 Å². The van der Waals surface area contributed by atoms with Crippen LogP contribution >= 0.6 is 68.0 Å². The summed E-state index contributed by atoms with van der Waals surface area (Å²) in [4.78, 5) is 108. The van der Waals surface area contributed by atoms with Crippen LogP contribution in [-0.2, 0) is 38.2 Å². The van der Waals surface area contributed by atoms with Gasteiger partial charge in [0.2, 0.25) is 0 Å². The zero-order valence-corrected chi connectivity index (χ0v) is 87.7. The number of halogens is 9. The van der Waals surface area contributed by atoms with Gasteiger partial charge in [-0.3, -0.25) is 62.1 Å². The number of H-pyrrole nitrogens is 1. The fraction of sp³-hybridized carbons (Fsp3) is 0.357. The van der Waals surface area contributed by atoms with Gasteiger partial charge in [-0.15, -0.1) is 68.0 Å². The van der Waals surface area contributed by atoms with Gasteiger partial charge in [0.15, 0.2) is 17.2 Å². The second-order valence-electron chi connectivity index (χ2n) is 34.1. The molecule has 0 aliphatic heterocycles. The minimum absolute atomic E-state index is 0.00815. The van der Waals surface area contributed by atoms with Crippen LogP contribution in [0.2, 0.25) is 0 Å². The van der Waals surface area contributed by atoms with E-state index in [0.29, 0.717) is 59.5 Å². The van der Waals surface area contributed by atoms with Gasteiger partial charge in [0.05, 0.1) is 110 Å². The highest BCUT2D eigenvalue weighted by Gasteiger charge is 2.39. The summed E-state index contributed by atoms with van der Waals surface area (Å²) >= 11 is 8.29. The number of aryl methyl sites for hydroxylation is 7. The number of carbonyl (C=O) groups excluding carboxylic acids is 7. The molecule has 0 unspecified atom stereocenters. The van der Waals surface area contributed by atoms with Gasteiger partial charge in [-0.25, -0.2) is 9.67 Å². The van der Waals surface area contributed by atoms with Crippen LogP contribution in [0.25, 0.3) is 80.5 Å². The molecule has 14 heterocycles. The van der Waals surface area contributed by atoms with Gasteiger partial charge >= 0.3 is 18.5 Å². The van der Waals surface area contributed by atoms with Crippen molar-refractivity contribution < 1.29 is 73.1 Å². The van der Waals surface area contributed by atoms with E-state index in [9.17, 15) is 73.1 Å². The van der Waals surface area contributed by atoms with E-state index >= 15 is 0 Å². The molecule has 0 spiro atoms. The summed E-state index contributed by atoms with van der Waals surface area (Å²) in [7, 11) is 23.8. The Morgan fingerprint density at radius 2 is 0.775 bits per heavy atom. The average Bonchev–Trinajstić information content (AvgIpc) is 1.65. The summed E-state index contributed by atoms with van der Waals surface area (Å²) in [5.74, 6) is 0.348. The van der Waals surface area contributed by atoms with Crippen LogP contribution in [0.15, 0.2) is 164 Å². The number of hydrogen-bond donors (Lipinski definition) is 1. The first-order valence-electron chi connectivity index (χ1n) is 44.6. The van der Waals surface area contributed by atoms with Crippen LogP contribution in [0.1, 0.15) is 181 Å². The Kier molecular flexibility index (Phi) is 37.4. The molecule has 0 radical (unpaired) electrons. The molecular formula is C98H113F9N22O7S6. The molecule has 142 heavy (non-hydrogen) atoms. The molecule has 1 N–H and O–H groups in total. The van der Waals surface area contributed by atoms with E-state index in [-0.39, 0.29) is 53.1 Å². The maximum absolute atomic E-state index is 13.1. The Morgan fingerprint density at radius 3 is 1.20 bits per heavy atom. The van der Waals surface area contributed by atoms with Crippen LogP contribution < -0.4 is 0 Å². The Morgan fingerprint density at radius 1 is 0.380 bits per heavy atom. The van der Waals surface area contributed by atoms with E-state index in [1.54, 1.807) is 180 Å². The van der Waals surface area contributed by atoms with Gasteiger partial charge in [-0.05, 0) is 215 Å². The number of rotatable bonds is 20. The lowest BCUT2D eigenvalue weighted by atomic mass is 10.1. The molecule has 0 saturated heterocycles. The van der Waals surface area contributed by atoms with E-state index < -0.39 is 35.6 Å². The van der Waals surface area contributed by atoms with Crippen molar-refractivity contribution in [2.45, 2.75) is 138 Å². The van der Waals surface area contributed by atoms with E-state index in [4.69, 9.17) is 0 Å². The Hall–Kier alpha value is -13.3. The summed E-state index contributed by atoms with van der Waals surface area (Å²) < 4.78 is 126. The lowest BCUT2D eigenvalue weighted by Gasteiger charge is -2.13. The molecule has 1 fully saturated rings. The second-order valence-corrected chi connectivity index (χ2v) is 40.6. The second kappa shape index (κ2) is 48.0. The molecule has 15 aromatic rings. The summed E-state index contributed by atoms with van der Waals surface area (Å²) in [6, 6.07) is 45.6. The molecule has 0 atom stereocenters. The SMILES string of the molecule is CCn1nc(-c2ccc(C(=O)N(C)C)s2)cc1C.CCn1nc(C(F)(F)F)cc1-c1cccc(C(=O)N(C)C)c1.CCn1nc(C)cc1-c1ccc(C(=O)N(C)C)s1.CN(C)C(=O)c1ccc(-c2cc(C(F)(F)F)[nH]n2)s1.CN(C)C(=O)c1ccc(-c2cc(C(F)(F)F)nn2C2CCCC2)s1.Cc1cc(-c2ccc(C(=O)N(C)C)s2)n(-c2ccccn2)n1.Cc1cc(-c2ccc(C(=O)N(C)C)s2)n(C(C)C)n1. The highest BCUT2D eigenvalue weighted by molar-refractivity contribution is 7.19. The third-order valence-electron chi connectivity index (χ3n) is 21.1. The molecule has 1 aromatic carbocycles. The standard InChI is InChI=1S/C16H18F3N3OS.C16H16N4OS.C15H16F3N3O.C14H19N3OS.2C13H17N3OS.C11H10F3N3OS/c1-21(2)15(23)13-8-7-12(24-13)11-9-14(16(17,18)19)20-22(11)10-5-3-4-6-10;1-11-10-12(20(18-11)15-6-4-5-9-17-15)13-7-8-14(22-13)16(21)19(2)3;1-4-21-12(9-13(19-21)15(16,17)18)10-6-5-7-11(8-10)14(22)20(2)3;1-9(2)17-11(8-10(3)15-17)12-6-7-13(19-12)14(18)16(4)5;1-5-16-9(2)8-10(14-16)11-6-7-12(18-11)13(17)15(3)4;1-5-16-10(8-9(2)14-16)11-6-7-12(18-11)13(17)15(3)4;1-17(2)10(18)8-4-3-7(19-8)6-5-9(16-15-6)11(12,13)14/h7-10H,3-6H2,1-2H3;4-10H,1-3H3;5-9H,4H2,1-3H3;6-9H,1-5H3;2*6-8H,5H2,1-4H3;3-5H,1-2H3,(H,15,16). The number of alkyl halides is 9. The molecule has 16 rings (SSSR count). The first-order valence-corrected chi connectivity index (χ1v) is 49.5. The fourth-order valence-corrected chi connectivity index (χ4v) is 20.2. The fourth-order valence-electron chi connectivity index (χ4n) is 14.1. The zero-order chi connectivity index (χ0) is 105. The van der Waals surface area contributed by atoms with Gasteiger partial charge in [0, 0.05) is 147 Å². The monoisotopic (exact) mass is 2070 g/mol. The molecular weight excluding hydrogens is 1960 g/mol. The third kappa shape index (κ3) is 28.1. The van der Waals surface area contributed by atoms with E-state index in [0.717, 1.165) is 154 Å². The van der Waals surface area contributed by atoms with Gasteiger partial charge in [0.25, 0.3) is 41.4 Å². The predicted molar refractivity (Wildman–Crippen MR) is 541 cm³/mol. The van der Waals surface area contributed by atoms with Gasteiger partial charge in [0.1, 0.15) is 17.1 Å². The lowest BCUT2D eigenvalue weighted by Crippen LogP contribution is -2.21. The predicted octanol–water partition coefficient (Wildman–Crippen LogP) is 22.1. The highest BCUT2D eigenvalue weighted by Crippen LogP contribution is 2.42. The number of amides is 7. The summed E-state index contributed by atoms with van der Waals surface area (Å²) in [5.41, 5.74) is 7.27. The number of nitrogens with one attached hydrogen (secondary N) is 1. The van der Waals surface area contributed by atoms with Crippen LogP contribution in [0.3, 0.4) is 0 Å². The number of benzene rings is 1.